The Morgan fingerprint density at radius 1 is 1.27 bits per heavy atom. The van der Waals surface area contributed by atoms with Gasteiger partial charge in [0.2, 0.25) is 5.60 Å². The highest BCUT2D eigenvalue weighted by Crippen LogP contribution is 2.40. The molecule has 2 rings (SSSR count). The highest BCUT2D eigenvalue weighted by Gasteiger charge is 2.57. The number of alkyl halides is 3. The van der Waals surface area contributed by atoms with E-state index in [9.17, 15) is 23.1 Å². The molecule has 1 aromatic carbocycles. The second-order valence-corrected chi connectivity index (χ2v) is 7.58. The highest BCUT2D eigenvalue weighted by molar-refractivity contribution is 5.94. The van der Waals surface area contributed by atoms with Crippen LogP contribution in [0.4, 0.5) is 13.2 Å². The van der Waals surface area contributed by atoms with Crippen LogP contribution in [-0.4, -0.2) is 50.8 Å². The molecule has 0 aliphatic rings. The number of rotatable bonds is 9. The van der Waals surface area contributed by atoms with Gasteiger partial charge in [0.25, 0.3) is 5.91 Å². The summed E-state index contributed by atoms with van der Waals surface area (Å²) >= 11 is 0. The van der Waals surface area contributed by atoms with Crippen molar-refractivity contribution in [2.24, 2.45) is 7.05 Å². The van der Waals surface area contributed by atoms with Crippen molar-refractivity contribution in [2.75, 3.05) is 13.1 Å². The first kappa shape index (κ1) is 23.9. The van der Waals surface area contributed by atoms with E-state index in [1.165, 1.54) is 19.4 Å². The van der Waals surface area contributed by atoms with Gasteiger partial charge >= 0.3 is 6.18 Å². The molecule has 1 aromatic heterocycles. The summed E-state index contributed by atoms with van der Waals surface area (Å²) < 4.78 is 41.6. The average molecular weight is 426 g/mol. The minimum Gasteiger partial charge on any atom is -0.374 e. The summed E-state index contributed by atoms with van der Waals surface area (Å²) in [4.78, 5) is 18.2. The van der Waals surface area contributed by atoms with Gasteiger partial charge in [0.15, 0.2) is 0 Å². The molecule has 0 saturated heterocycles. The van der Waals surface area contributed by atoms with Crippen LogP contribution < -0.4 is 5.32 Å². The van der Waals surface area contributed by atoms with Gasteiger partial charge in [0.05, 0.1) is 0 Å². The van der Waals surface area contributed by atoms with E-state index in [0.29, 0.717) is 11.6 Å². The van der Waals surface area contributed by atoms with Gasteiger partial charge in [0.1, 0.15) is 5.82 Å². The van der Waals surface area contributed by atoms with E-state index in [0.717, 1.165) is 23.2 Å². The van der Waals surface area contributed by atoms with E-state index >= 15 is 0 Å². The first-order valence-electron chi connectivity index (χ1n) is 9.87. The van der Waals surface area contributed by atoms with Crippen molar-refractivity contribution in [3.05, 3.63) is 53.6 Å². The molecule has 1 unspecified atom stereocenters. The lowest BCUT2D eigenvalue weighted by molar-refractivity contribution is -0.272. The predicted molar refractivity (Wildman–Crippen MR) is 108 cm³/mol. The van der Waals surface area contributed by atoms with Gasteiger partial charge < -0.3 is 15.0 Å². The highest BCUT2D eigenvalue weighted by atomic mass is 19.4. The lowest BCUT2D eigenvalue weighted by Crippen LogP contribution is -2.46. The van der Waals surface area contributed by atoms with Crippen molar-refractivity contribution < 1.29 is 23.1 Å². The Bertz CT molecular complexity index is 834. The van der Waals surface area contributed by atoms with E-state index < -0.39 is 29.9 Å². The van der Waals surface area contributed by atoms with Gasteiger partial charge in [-0.25, -0.2) is 4.98 Å². The lowest BCUT2D eigenvalue weighted by atomic mass is 9.97. The molecule has 1 atom stereocenters. The average Bonchev–Trinajstić information content (AvgIpc) is 3.11. The van der Waals surface area contributed by atoms with Crippen molar-refractivity contribution in [2.45, 2.75) is 51.6 Å². The van der Waals surface area contributed by atoms with Gasteiger partial charge in [-0.1, -0.05) is 19.1 Å². The number of aryl methyl sites for hydroxylation is 1. The molecule has 6 nitrogen and oxygen atoms in total. The molecule has 0 fully saturated rings. The Morgan fingerprint density at radius 3 is 2.37 bits per heavy atom. The number of amides is 1. The SMILES string of the molecule is CCN(Cc1ccc(C(=O)NCCC(O)(c2nccn2C)C(F)(F)F)cc1)C(C)C. The van der Waals surface area contributed by atoms with Crippen LogP contribution in [-0.2, 0) is 19.2 Å². The molecule has 0 spiro atoms. The Hall–Kier alpha value is -2.39. The summed E-state index contributed by atoms with van der Waals surface area (Å²) in [5.41, 5.74) is -1.76. The first-order chi connectivity index (χ1) is 14.0. The normalized spacial score (nSPS) is 14.2. The molecule has 0 aliphatic carbocycles. The number of imidazole rings is 1. The maximum absolute atomic E-state index is 13.5. The van der Waals surface area contributed by atoms with Crippen molar-refractivity contribution in [1.82, 2.24) is 19.8 Å². The second kappa shape index (κ2) is 9.61. The number of hydrogen-bond donors (Lipinski definition) is 2. The Balaban J connectivity index is 2.00. The topological polar surface area (TPSA) is 70.4 Å². The third-order valence-corrected chi connectivity index (χ3v) is 5.17. The fourth-order valence-electron chi connectivity index (χ4n) is 3.26. The minimum absolute atomic E-state index is 0.346. The Labute approximate surface area is 174 Å². The third kappa shape index (κ3) is 5.40. The van der Waals surface area contributed by atoms with E-state index in [-0.39, 0.29) is 6.54 Å². The van der Waals surface area contributed by atoms with Crippen LogP contribution in [0.3, 0.4) is 0 Å². The zero-order valence-electron chi connectivity index (χ0n) is 17.7. The number of hydrogen-bond acceptors (Lipinski definition) is 4. The molecule has 1 heterocycles. The number of nitrogens with zero attached hydrogens (tertiary/aromatic N) is 3. The minimum atomic E-state index is -4.93. The van der Waals surface area contributed by atoms with Crippen LogP contribution in [0.15, 0.2) is 36.7 Å². The van der Waals surface area contributed by atoms with Gasteiger partial charge in [-0.05, 0) is 38.1 Å². The van der Waals surface area contributed by atoms with Crippen LogP contribution in [0, 0.1) is 0 Å². The van der Waals surface area contributed by atoms with Crippen molar-refractivity contribution in [1.29, 1.82) is 0 Å². The number of nitrogens with one attached hydrogen (secondary N) is 1. The van der Waals surface area contributed by atoms with Crippen molar-refractivity contribution in [3.63, 3.8) is 0 Å². The molecule has 1 amide bonds. The zero-order valence-corrected chi connectivity index (χ0v) is 17.7. The molecular weight excluding hydrogens is 397 g/mol. The number of aromatic nitrogens is 2. The van der Waals surface area contributed by atoms with Crippen LogP contribution in [0.2, 0.25) is 0 Å². The van der Waals surface area contributed by atoms with Crippen LogP contribution in [0.25, 0.3) is 0 Å². The maximum Gasteiger partial charge on any atom is 0.424 e. The molecule has 0 radical (unpaired) electrons. The second-order valence-electron chi connectivity index (χ2n) is 7.58. The summed E-state index contributed by atoms with van der Waals surface area (Å²) in [5, 5.41) is 12.7. The predicted octanol–water partition coefficient (Wildman–Crippen LogP) is 3.22. The van der Waals surface area contributed by atoms with Gasteiger partial charge in [-0.15, -0.1) is 0 Å². The van der Waals surface area contributed by atoms with Crippen LogP contribution >= 0.6 is 0 Å². The fraction of sp³-hybridized carbons (Fsp3) is 0.524. The van der Waals surface area contributed by atoms with E-state index in [1.54, 1.807) is 12.1 Å². The lowest BCUT2D eigenvalue weighted by Gasteiger charge is -2.30. The maximum atomic E-state index is 13.5. The first-order valence-corrected chi connectivity index (χ1v) is 9.87. The molecule has 166 valence electrons. The van der Waals surface area contributed by atoms with Gasteiger partial charge in [0, 0.05) is 50.6 Å². The molecule has 9 heteroatoms. The van der Waals surface area contributed by atoms with Crippen molar-refractivity contribution >= 4 is 5.91 Å². The summed E-state index contributed by atoms with van der Waals surface area (Å²) in [6.45, 7) is 7.59. The number of benzene rings is 1. The summed E-state index contributed by atoms with van der Waals surface area (Å²) in [6, 6.07) is 7.35. The smallest absolute Gasteiger partial charge is 0.374 e. The van der Waals surface area contributed by atoms with Crippen LogP contribution in [0.1, 0.15) is 48.9 Å². The van der Waals surface area contributed by atoms with E-state index in [2.05, 4.69) is 36.0 Å². The third-order valence-electron chi connectivity index (χ3n) is 5.17. The molecule has 2 aromatic rings. The van der Waals surface area contributed by atoms with Gasteiger partial charge in [-0.2, -0.15) is 13.2 Å². The monoisotopic (exact) mass is 426 g/mol. The number of carbonyl (C=O) groups excluding carboxylic acids is 1. The number of aliphatic hydroxyl groups is 1. The summed E-state index contributed by atoms with van der Waals surface area (Å²) in [6.07, 6.45) is -3.17. The van der Waals surface area contributed by atoms with Crippen LogP contribution in [0.5, 0.6) is 0 Å². The van der Waals surface area contributed by atoms with E-state index in [4.69, 9.17) is 0 Å². The fourth-order valence-corrected chi connectivity index (χ4v) is 3.26. The number of carbonyl (C=O) groups is 1. The number of halogens is 3. The van der Waals surface area contributed by atoms with E-state index in [1.807, 2.05) is 12.1 Å². The Kier molecular flexibility index (Phi) is 7.65. The molecule has 2 N–H and O–H groups in total. The molecule has 30 heavy (non-hydrogen) atoms. The van der Waals surface area contributed by atoms with Gasteiger partial charge in [-0.3, -0.25) is 9.69 Å². The molecule has 0 aliphatic heterocycles. The zero-order chi connectivity index (χ0) is 22.5. The summed E-state index contributed by atoms with van der Waals surface area (Å²) in [5.74, 6) is -1.01. The van der Waals surface area contributed by atoms with Crippen molar-refractivity contribution in [3.8, 4) is 0 Å². The largest absolute Gasteiger partial charge is 0.424 e. The molecule has 0 bridgehead atoms. The quantitative estimate of drug-likeness (QED) is 0.646. The Morgan fingerprint density at radius 2 is 1.90 bits per heavy atom. The molecule has 0 saturated carbocycles. The standard InChI is InChI=1S/C21H29F3N4O2/c1-5-28(15(2)3)14-16-6-8-17(9-7-16)18(29)25-11-10-20(30,21(22,23)24)19-26-12-13-27(19)4/h6-9,12-13,15,30H,5,10-11,14H2,1-4H3,(H,25,29). The summed E-state index contributed by atoms with van der Waals surface area (Å²) in [7, 11) is 1.37. The molecular formula is C21H29F3N4O2.